The maximum atomic E-state index is 12.5. The third kappa shape index (κ3) is 4.29. The zero-order valence-corrected chi connectivity index (χ0v) is 13.0. The molecule has 0 saturated heterocycles. The highest BCUT2D eigenvalue weighted by molar-refractivity contribution is 6.36. The Morgan fingerprint density at radius 1 is 1.05 bits per heavy atom. The van der Waals surface area contributed by atoms with E-state index in [1.807, 2.05) is 0 Å². The minimum absolute atomic E-state index is 0.102. The lowest BCUT2D eigenvalue weighted by atomic mass is 10.2. The lowest BCUT2D eigenvalue weighted by Gasteiger charge is -2.07. The van der Waals surface area contributed by atoms with Crippen molar-refractivity contribution >= 4 is 46.6 Å². The molecule has 1 N–H and O–H groups in total. The molecule has 0 saturated carbocycles. The van der Waals surface area contributed by atoms with E-state index in [0.717, 1.165) is 12.3 Å². The number of benzene rings is 1. The first-order valence-electron chi connectivity index (χ1n) is 5.88. The first-order chi connectivity index (χ1) is 10.3. The molecule has 0 unspecified atom stereocenters. The van der Waals surface area contributed by atoms with Gasteiger partial charge < -0.3 is 5.32 Å². The van der Waals surface area contributed by atoms with Gasteiger partial charge in [0, 0.05) is 17.4 Å². The summed E-state index contributed by atoms with van der Waals surface area (Å²) in [5, 5.41) is 3.67. The number of nitrogens with one attached hydrogen (secondary N) is 1. The Kier molecular flexibility index (Phi) is 5.21. The van der Waals surface area contributed by atoms with E-state index in [1.54, 1.807) is 18.2 Å². The molecule has 1 aromatic carbocycles. The number of rotatable bonds is 3. The van der Waals surface area contributed by atoms with Crippen molar-refractivity contribution in [3.05, 3.63) is 63.0 Å². The Hall–Kier alpha value is -1.43. The molecular weight excluding hydrogens is 360 g/mol. The Bertz CT molecular complexity index is 715. The fourth-order valence-corrected chi connectivity index (χ4v) is 2.24. The molecule has 8 heteroatoms. The van der Waals surface area contributed by atoms with E-state index in [0.29, 0.717) is 15.7 Å². The molecule has 0 fully saturated rings. The van der Waals surface area contributed by atoms with E-state index in [2.05, 4.69) is 10.3 Å². The van der Waals surface area contributed by atoms with Crippen LogP contribution in [0, 0.1) is 0 Å². The number of aromatic nitrogens is 1. The van der Waals surface area contributed by atoms with Gasteiger partial charge in [0.2, 0.25) is 0 Å². The van der Waals surface area contributed by atoms with Crippen LogP contribution in [0.5, 0.6) is 0 Å². The van der Waals surface area contributed by atoms with Crippen molar-refractivity contribution in [3.8, 4) is 0 Å². The second kappa shape index (κ2) is 6.77. The Balaban J connectivity index is 2.13. The smallest absolute Gasteiger partial charge is 0.360 e. The fourth-order valence-electron chi connectivity index (χ4n) is 1.54. The molecule has 2 rings (SSSR count). The van der Waals surface area contributed by atoms with Crippen molar-refractivity contribution in [2.75, 3.05) is 5.32 Å². The summed E-state index contributed by atoms with van der Waals surface area (Å²) in [5.41, 5.74) is -0.110. The van der Waals surface area contributed by atoms with Gasteiger partial charge in [0.05, 0.1) is 27.0 Å². The van der Waals surface area contributed by atoms with Crippen LogP contribution in [0.25, 0.3) is 6.08 Å². The molecule has 0 atom stereocenters. The largest absolute Gasteiger partial charge is 0.417 e. The van der Waals surface area contributed by atoms with Crippen LogP contribution in [-0.4, -0.2) is 4.98 Å². The molecule has 2 nitrogen and oxygen atoms in total. The molecule has 0 spiro atoms. The van der Waals surface area contributed by atoms with Crippen molar-refractivity contribution in [1.29, 1.82) is 0 Å². The molecule has 0 aliphatic rings. The van der Waals surface area contributed by atoms with Crippen molar-refractivity contribution in [2.24, 2.45) is 0 Å². The number of pyridine rings is 1. The average Bonchev–Trinajstić information content (AvgIpc) is 2.41. The molecule has 0 amide bonds. The topological polar surface area (TPSA) is 24.9 Å². The van der Waals surface area contributed by atoms with Crippen molar-refractivity contribution in [1.82, 2.24) is 4.98 Å². The first kappa shape index (κ1) is 16.9. The SMILES string of the molecule is FC(F)(F)c1cnc(C=CNc2ccc(Cl)cc2Cl)c(Cl)c1. The van der Waals surface area contributed by atoms with Gasteiger partial charge in [-0.05, 0) is 30.3 Å². The minimum atomic E-state index is -4.48. The van der Waals surface area contributed by atoms with Gasteiger partial charge in [0.1, 0.15) is 0 Å². The van der Waals surface area contributed by atoms with Gasteiger partial charge in [0.15, 0.2) is 0 Å². The van der Waals surface area contributed by atoms with E-state index in [9.17, 15) is 13.2 Å². The Labute approximate surface area is 139 Å². The fraction of sp³-hybridized carbons (Fsp3) is 0.0714. The normalized spacial score (nSPS) is 11.9. The number of halogens is 6. The van der Waals surface area contributed by atoms with E-state index in [-0.39, 0.29) is 10.7 Å². The Morgan fingerprint density at radius 2 is 1.77 bits per heavy atom. The minimum Gasteiger partial charge on any atom is -0.360 e. The molecule has 0 bridgehead atoms. The first-order valence-corrected chi connectivity index (χ1v) is 7.01. The van der Waals surface area contributed by atoms with Crippen LogP contribution in [0.2, 0.25) is 15.1 Å². The van der Waals surface area contributed by atoms with E-state index >= 15 is 0 Å². The number of hydrogen-bond acceptors (Lipinski definition) is 2. The van der Waals surface area contributed by atoms with Gasteiger partial charge in [-0.2, -0.15) is 13.2 Å². The van der Waals surface area contributed by atoms with E-state index in [1.165, 1.54) is 12.3 Å². The maximum Gasteiger partial charge on any atom is 0.417 e. The molecule has 1 aromatic heterocycles. The second-order valence-electron chi connectivity index (χ2n) is 4.19. The highest BCUT2D eigenvalue weighted by atomic mass is 35.5. The van der Waals surface area contributed by atoms with Crippen LogP contribution >= 0.6 is 34.8 Å². The summed E-state index contributed by atoms with van der Waals surface area (Å²) in [4.78, 5) is 3.68. The summed E-state index contributed by atoms with van der Waals surface area (Å²) in [7, 11) is 0. The quantitative estimate of drug-likeness (QED) is 0.704. The summed E-state index contributed by atoms with van der Waals surface area (Å²) in [6, 6.07) is 5.69. The number of alkyl halides is 3. The highest BCUT2D eigenvalue weighted by Gasteiger charge is 2.31. The van der Waals surface area contributed by atoms with Gasteiger partial charge in [-0.25, -0.2) is 0 Å². The molecule has 1 heterocycles. The van der Waals surface area contributed by atoms with Crippen LogP contribution in [-0.2, 0) is 6.18 Å². The van der Waals surface area contributed by atoms with Crippen LogP contribution in [0.3, 0.4) is 0 Å². The predicted molar refractivity (Wildman–Crippen MR) is 83.4 cm³/mol. The van der Waals surface area contributed by atoms with Gasteiger partial charge >= 0.3 is 6.18 Å². The molecule has 0 aliphatic carbocycles. The zero-order valence-electron chi connectivity index (χ0n) is 10.8. The van der Waals surface area contributed by atoms with Gasteiger partial charge in [-0.3, -0.25) is 4.98 Å². The van der Waals surface area contributed by atoms with Crippen molar-refractivity contribution in [2.45, 2.75) is 6.18 Å². The predicted octanol–water partition coefficient (Wildman–Crippen LogP) is 6.14. The van der Waals surface area contributed by atoms with Gasteiger partial charge in [-0.15, -0.1) is 0 Å². The summed E-state index contributed by atoms with van der Waals surface area (Å²) < 4.78 is 37.5. The highest BCUT2D eigenvalue weighted by Crippen LogP contribution is 2.31. The summed E-state index contributed by atoms with van der Waals surface area (Å²) in [6.07, 6.45) is -0.848. The standard InChI is InChI=1S/C14H8Cl3F3N2/c15-9-1-2-12(11(17)6-9)21-4-3-13-10(16)5-8(7-22-13)14(18,19)20/h1-7,21H. The monoisotopic (exact) mass is 366 g/mol. The summed E-state index contributed by atoms with van der Waals surface area (Å²) >= 11 is 17.5. The van der Waals surface area contributed by atoms with Crippen LogP contribution in [0.4, 0.5) is 18.9 Å². The van der Waals surface area contributed by atoms with Crippen LogP contribution in [0.1, 0.15) is 11.3 Å². The number of hydrogen-bond donors (Lipinski definition) is 1. The van der Waals surface area contributed by atoms with E-state index in [4.69, 9.17) is 34.8 Å². The van der Waals surface area contributed by atoms with Crippen LogP contribution < -0.4 is 5.32 Å². The third-order valence-corrected chi connectivity index (χ3v) is 3.46. The molecule has 0 radical (unpaired) electrons. The van der Waals surface area contributed by atoms with Crippen LogP contribution in [0.15, 0.2) is 36.7 Å². The maximum absolute atomic E-state index is 12.5. The molecular formula is C14H8Cl3F3N2. The van der Waals surface area contributed by atoms with E-state index < -0.39 is 11.7 Å². The lowest BCUT2D eigenvalue weighted by molar-refractivity contribution is -0.137. The Morgan fingerprint density at radius 3 is 2.36 bits per heavy atom. The number of anilines is 1. The lowest BCUT2D eigenvalue weighted by Crippen LogP contribution is -2.05. The van der Waals surface area contributed by atoms with Gasteiger partial charge in [0.25, 0.3) is 0 Å². The molecule has 116 valence electrons. The summed E-state index contributed by atoms with van der Waals surface area (Å²) in [5.74, 6) is 0. The molecule has 2 aromatic rings. The van der Waals surface area contributed by atoms with Crippen molar-refractivity contribution in [3.63, 3.8) is 0 Å². The second-order valence-corrected chi connectivity index (χ2v) is 5.44. The van der Waals surface area contributed by atoms with Gasteiger partial charge in [-0.1, -0.05) is 34.8 Å². The number of nitrogens with zero attached hydrogens (tertiary/aromatic N) is 1. The molecule has 22 heavy (non-hydrogen) atoms. The average molecular weight is 368 g/mol. The third-order valence-electron chi connectivity index (χ3n) is 2.61. The summed E-state index contributed by atoms with van der Waals surface area (Å²) in [6.45, 7) is 0. The zero-order chi connectivity index (χ0) is 16.3. The van der Waals surface area contributed by atoms with Crippen molar-refractivity contribution < 1.29 is 13.2 Å². The molecule has 0 aliphatic heterocycles.